The average Bonchev–Trinajstić information content (AvgIpc) is 2.79. The fraction of sp³-hybridized carbons (Fsp3) is 0.364. The van der Waals surface area contributed by atoms with Gasteiger partial charge < -0.3 is 5.32 Å². The molecule has 1 atom stereocenters. The van der Waals surface area contributed by atoms with Gasteiger partial charge in [0.2, 0.25) is 0 Å². The molecule has 0 aliphatic carbocycles. The number of hydrogen-bond donors (Lipinski definition) is 1. The highest BCUT2D eigenvalue weighted by atomic mass is 127. The van der Waals surface area contributed by atoms with Crippen LogP contribution in [0.25, 0.3) is 5.69 Å². The van der Waals surface area contributed by atoms with Crippen molar-refractivity contribution in [1.82, 2.24) is 25.5 Å². The summed E-state index contributed by atoms with van der Waals surface area (Å²) in [5, 5.41) is 15.2. The molecule has 0 aliphatic rings. The molecular formula is C11H14IN5. The Kier molecular flexibility index (Phi) is 4.06. The number of hydrogen-bond acceptors (Lipinski definition) is 4. The molecule has 0 bridgehead atoms. The van der Waals surface area contributed by atoms with Crippen molar-refractivity contribution in [3.05, 3.63) is 33.7 Å². The first-order valence-electron chi connectivity index (χ1n) is 5.50. The highest BCUT2D eigenvalue weighted by Gasteiger charge is 2.14. The minimum atomic E-state index is 0.134. The lowest BCUT2D eigenvalue weighted by atomic mass is 10.3. The summed E-state index contributed by atoms with van der Waals surface area (Å²) in [7, 11) is 0. The third-order valence-electron chi connectivity index (χ3n) is 2.46. The van der Waals surface area contributed by atoms with Gasteiger partial charge in [-0.15, -0.1) is 5.10 Å². The number of nitrogens with one attached hydrogen (secondary N) is 1. The van der Waals surface area contributed by atoms with E-state index < -0.39 is 0 Å². The summed E-state index contributed by atoms with van der Waals surface area (Å²) in [6, 6.07) is 8.24. The van der Waals surface area contributed by atoms with Crippen LogP contribution in [0.2, 0.25) is 0 Å². The normalized spacial score (nSPS) is 12.6. The highest BCUT2D eigenvalue weighted by Crippen LogP contribution is 2.15. The number of halogens is 1. The lowest BCUT2D eigenvalue weighted by Crippen LogP contribution is -2.21. The van der Waals surface area contributed by atoms with Crippen molar-refractivity contribution in [2.24, 2.45) is 0 Å². The van der Waals surface area contributed by atoms with Gasteiger partial charge in [0.05, 0.1) is 11.7 Å². The van der Waals surface area contributed by atoms with E-state index in [1.165, 1.54) is 3.57 Å². The summed E-state index contributed by atoms with van der Waals surface area (Å²) in [6.45, 7) is 5.01. The van der Waals surface area contributed by atoms with Crippen LogP contribution in [0.3, 0.4) is 0 Å². The number of benzene rings is 1. The molecule has 0 spiro atoms. The summed E-state index contributed by atoms with van der Waals surface area (Å²) in [5.41, 5.74) is 0.982. The van der Waals surface area contributed by atoms with E-state index in [2.05, 4.69) is 57.3 Å². The van der Waals surface area contributed by atoms with Crippen molar-refractivity contribution in [2.75, 3.05) is 6.54 Å². The molecule has 1 unspecified atom stereocenters. The molecule has 0 saturated heterocycles. The molecular weight excluding hydrogens is 329 g/mol. The van der Waals surface area contributed by atoms with Crippen LogP contribution in [0.4, 0.5) is 0 Å². The van der Waals surface area contributed by atoms with Crippen molar-refractivity contribution < 1.29 is 0 Å². The third-order valence-corrected chi connectivity index (χ3v) is 3.18. The van der Waals surface area contributed by atoms with Crippen LogP contribution in [-0.4, -0.2) is 26.8 Å². The molecule has 0 saturated carbocycles. The summed E-state index contributed by atoms with van der Waals surface area (Å²) in [5.74, 6) is 0.827. The highest BCUT2D eigenvalue weighted by molar-refractivity contribution is 14.1. The Morgan fingerprint density at radius 2 is 2.06 bits per heavy atom. The van der Waals surface area contributed by atoms with E-state index in [-0.39, 0.29) is 6.04 Å². The lowest BCUT2D eigenvalue weighted by Gasteiger charge is -2.11. The summed E-state index contributed by atoms with van der Waals surface area (Å²) in [6.07, 6.45) is 0. The number of nitrogens with zero attached hydrogens (tertiary/aromatic N) is 4. The van der Waals surface area contributed by atoms with Gasteiger partial charge in [-0.2, -0.15) is 4.68 Å². The van der Waals surface area contributed by atoms with Gasteiger partial charge in [-0.05, 0) is 70.8 Å². The molecule has 2 rings (SSSR count). The SMILES string of the molecule is CCNC(C)c1nnnn1-c1ccc(I)cc1. The fourth-order valence-corrected chi connectivity index (χ4v) is 1.99. The first kappa shape index (κ1) is 12.4. The van der Waals surface area contributed by atoms with E-state index in [1.54, 1.807) is 4.68 Å². The van der Waals surface area contributed by atoms with Crippen LogP contribution >= 0.6 is 22.6 Å². The fourth-order valence-electron chi connectivity index (χ4n) is 1.63. The van der Waals surface area contributed by atoms with E-state index in [4.69, 9.17) is 0 Å². The van der Waals surface area contributed by atoms with E-state index in [9.17, 15) is 0 Å². The standard InChI is InChI=1S/C11H14IN5/c1-3-13-8(2)11-14-15-16-17(11)10-6-4-9(12)5-7-10/h4-8,13H,3H2,1-2H3. The van der Waals surface area contributed by atoms with Gasteiger partial charge in [-0.1, -0.05) is 6.92 Å². The number of tetrazole rings is 1. The smallest absolute Gasteiger partial charge is 0.173 e. The van der Waals surface area contributed by atoms with E-state index in [0.717, 1.165) is 18.1 Å². The predicted octanol–water partition coefficient (Wildman–Crippen LogP) is 1.94. The molecule has 0 aliphatic heterocycles. The second-order valence-corrected chi connectivity index (χ2v) is 4.95. The van der Waals surface area contributed by atoms with E-state index >= 15 is 0 Å². The van der Waals surface area contributed by atoms with Crippen molar-refractivity contribution in [2.45, 2.75) is 19.9 Å². The van der Waals surface area contributed by atoms with Crippen molar-refractivity contribution >= 4 is 22.6 Å². The molecule has 5 nitrogen and oxygen atoms in total. The van der Waals surface area contributed by atoms with Gasteiger partial charge in [0.1, 0.15) is 0 Å². The van der Waals surface area contributed by atoms with Crippen LogP contribution in [0.15, 0.2) is 24.3 Å². The summed E-state index contributed by atoms with van der Waals surface area (Å²) < 4.78 is 2.96. The monoisotopic (exact) mass is 343 g/mol. The molecule has 0 fully saturated rings. The maximum Gasteiger partial charge on any atom is 0.173 e. The first-order chi connectivity index (χ1) is 8.22. The van der Waals surface area contributed by atoms with Crippen LogP contribution in [0.5, 0.6) is 0 Å². The average molecular weight is 343 g/mol. The molecule has 2 aromatic rings. The van der Waals surface area contributed by atoms with Crippen LogP contribution in [-0.2, 0) is 0 Å². The van der Waals surface area contributed by atoms with E-state index in [1.807, 2.05) is 24.3 Å². The molecule has 90 valence electrons. The van der Waals surface area contributed by atoms with Gasteiger partial charge >= 0.3 is 0 Å². The zero-order valence-electron chi connectivity index (χ0n) is 9.76. The minimum Gasteiger partial charge on any atom is -0.308 e. The second kappa shape index (κ2) is 5.54. The zero-order chi connectivity index (χ0) is 12.3. The zero-order valence-corrected chi connectivity index (χ0v) is 11.9. The van der Waals surface area contributed by atoms with Gasteiger partial charge in [0, 0.05) is 3.57 Å². The minimum absolute atomic E-state index is 0.134. The molecule has 1 aromatic carbocycles. The Balaban J connectivity index is 2.33. The van der Waals surface area contributed by atoms with Crippen LogP contribution < -0.4 is 5.32 Å². The summed E-state index contributed by atoms with van der Waals surface area (Å²) in [4.78, 5) is 0. The van der Waals surface area contributed by atoms with Crippen molar-refractivity contribution in [3.8, 4) is 5.69 Å². The molecule has 1 aromatic heterocycles. The predicted molar refractivity (Wildman–Crippen MR) is 74.0 cm³/mol. The molecule has 0 radical (unpaired) electrons. The van der Waals surface area contributed by atoms with Gasteiger partial charge in [0.15, 0.2) is 5.82 Å². The Hall–Kier alpha value is -1.02. The molecule has 0 amide bonds. The quantitative estimate of drug-likeness (QED) is 0.862. The molecule has 17 heavy (non-hydrogen) atoms. The second-order valence-electron chi connectivity index (χ2n) is 3.70. The van der Waals surface area contributed by atoms with Gasteiger partial charge in [-0.3, -0.25) is 0 Å². The largest absolute Gasteiger partial charge is 0.308 e. The molecule has 1 N–H and O–H groups in total. The van der Waals surface area contributed by atoms with Crippen LogP contribution in [0.1, 0.15) is 25.7 Å². The maximum atomic E-state index is 4.07. The van der Waals surface area contributed by atoms with E-state index in [0.29, 0.717) is 0 Å². The molecule has 1 heterocycles. The van der Waals surface area contributed by atoms with Gasteiger partial charge in [-0.25, -0.2) is 0 Å². The lowest BCUT2D eigenvalue weighted by molar-refractivity contribution is 0.550. The maximum absolute atomic E-state index is 4.07. The van der Waals surface area contributed by atoms with Crippen molar-refractivity contribution in [3.63, 3.8) is 0 Å². The van der Waals surface area contributed by atoms with Crippen molar-refractivity contribution in [1.29, 1.82) is 0 Å². The Bertz CT molecular complexity index is 479. The molecule has 6 heteroatoms. The topological polar surface area (TPSA) is 55.6 Å². The first-order valence-corrected chi connectivity index (χ1v) is 6.58. The number of rotatable bonds is 4. The van der Waals surface area contributed by atoms with Crippen LogP contribution in [0, 0.1) is 3.57 Å². The Morgan fingerprint density at radius 3 is 2.71 bits per heavy atom. The third kappa shape index (κ3) is 2.81. The Morgan fingerprint density at radius 1 is 1.35 bits per heavy atom. The number of aromatic nitrogens is 4. The summed E-state index contributed by atoms with van der Waals surface area (Å²) >= 11 is 2.28. The Labute approximate surface area is 114 Å². The van der Waals surface area contributed by atoms with Gasteiger partial charge in [0.25, 0.3) is 0 Å².